The molecule has 0 fully saturated rings. The average Bonchev–Trinajstić information content (AvgIpc) is 2.79. The number of carboxylic acid groups (broad SMARTS) is 1. The molecule has 0 atom stereocenters. The first-order valence-electron chi connectivity index (χ1n) is 6.15. The zero-order chi connectivity index (χ0) is 13.4. The monoisotopic (exact) mass is 258 g/mol. The zero-order valence-electron chi connectivity index (χ0n) is 10.6. The molecule has 0 saturated carbocycles. The summed E-state index contributed by atoms with van der Waals surface area (Å²) in [5.41, 5.74) is 3.77. The molecule has 5 nitrogen and oxygen atoms in total. The molecular weight excluding hydrogens is 244 g/mol. The molecule has 0 spiro atoms. The fourth-order valence-corrected chi connectivity index (χ4v) is 2.31. The van der Waals surface area contributed by atoms with Crippen molar-refractivity contribution in [2.24, 2.45) is 0 Å². The molecule has 19 heavy (non-hydrogen) atoms. The van der Waals surface area contributed by atoms with Crippen molar-refractivity contribution in [1.82, 2.24) is 9.78 Å². The van der Waals surface area contributed by atoms with Crippen LogP contribution in [-0.4, -0.2) is 27.5 Å². The Balaban J connectivity index is 2.16. The average molecular weight is 258 g/mol. The number of benzene rings is 1. The predicted molar refractivity (Wildman–Crippen MR) is 68.6 cm³/mol. The molecule has 1 aromatic heterocycles. The van der Waals surface area contributed by atoms with Crippen LogP contribution in [0.3, 0.4) is 0 Å². The van der Waals surface area contributed by atoms with Gasteiger partial charge >= 0.3 is 5.97 Å². The number of fused-ring (bicyclic) bond motifs is 1. The number of nitrogens with zero attached hydrogens (tertiary/aromatic N) is 2. The van der Waals surface area contributed by atoms with Crippen molar-refractivity contribution < 1.29 is 14.6 Å². The lowest BCUT2D eigenvalue weighted by Crippen LogP contribution is -2.13. The summed E-state index contributed by atoms with van der Waals surface area (Å²) in [5, 5.41) is 13.4. The minimum Gasteiger partial charge on any atom is -0.476 e. The van der Waals surface area contributed by atoms with E-state index in [0.717, 1.165) is 16.9 Å². The van der Waals surface area contributed by atoms with E-state index >= 15 is 0 Å². The van der Waals surface area contributed by atoms with Crippen molar-refractivity contribution in [3.8, 4) is 5.69 Å². The Labute approximate surface area is 110 Å². The van der Waals surface area contributed by atoms with Gasteiger partial charge in [0.25, 0.3) is 0 Å². The first kappa shape index (κ1) is 11.9. The molecule has 5 heteroatoms. The molecule has 2 heterocycles. The van der Waals surface area contributed by atoms with Gasteiger partial charge in [-0.25, -0.2) is 9.48 Å². The summed E-state index contributed by atoms with van der Waals surface area (Å²) in [4.78, 5) is 11.2. The minimum atomic E-state index is -1.01. The highest BCUT2D eigenvalue weighted by molar-refractivity contribution is 5.87. The van der Waals surface area contributed by atoms with Gasteiger partial charge in [-0.15, -0.1) is 0 Å². The fraction of sp³-hybridized carbons (Fsp3) is 0.286. The van der Waals surface area contributed by atoms with E-state index in [9.17, 15) is 9.90 Å². The van der Waals surface area contributed by atoms with Gasteiger partial charge in [0, 0.05) is 12.0 Å². The van der Waals surface area contributed by atoms with Gasteiger partial charge in [-0.3, -0.25) is 0 Å². The lowest BCUT2D eigenvalue weighted by Gasteiger charge is -2.14. The summed E-state index contributed by atoms with van der Waals surface area (Å²) in [7, 11) is 0. The molecule has 2 aromatic rings. The molecule has 0 radical (unpaired) electrons. The molecule has 0 unspecified atom stereocenters. The Morgan fingerprint density at radius 2 is 2.11 bits per heavy atom. The number of rotatable bonds is 2. The number of carboxylic acids is 1. The first-order valence-corrected chi connectivity index (χ1v) is 6.15. The van der Waals surface area contributed by atoms with Gasteiger partial charge in [-0.05, 0) is 19.1 Å². The maximum Gasteiger partial charge on any atom is 0.356 e. The van der Waals surface area contributed by atoms with Crippen LogP contribution in [0.25, 0.3) is 5.69 Å². The molecule has 0 bridgehead atoms. The largest absolute Gasteiger partial charge is 0.476 e. The maximum absolute atomic E-state index is 11.2. The Morgan fingerprint density at radius 3 is 2.79 bits per heavy atom. The van der Waals surface area contributed by atoms with Crippen molar-refractivity contribution in [3.05, 3.63) is 46.8 Å². The first-order chi connectivity index (χ1) is 9.16. The lowest BCUT2D eigenvalue weighted by atomic mass is 10.1. The quantitative estimate of drug-likeness (QED) is 0.894. The van der Waals surface area contributed by atoms with Crippen LogP contribution in [0.15, 0.2) is 24.3 Å². The Morgan fingerprint density at radius 1 is 1.37 bits per heavy atom. The van der Waals surface area contributed by atoms with Gasteiger partial charge < -0.3 is 9.84 Å². The van der Waals surface area contributed by atoms with Gasteiger partial charge in [0.2, 0.25) is 0 Å². The third kappa shape index (κ3) is 2.02. The van der Waals surface area contributed by atoms with E-state index < -0.39 is 5.97 Å². The minimum absolute atomic E-state index is 0.0928. The van der Waals surface area contributed by atoms with E-state index in [4.69, 9.17) is 4.74 Å². The highest BCUT2D eigenvalue weighted by atomic mass is 16.5. The highest BCUT2D eigenvalue weighted by Gasteiger charge is 2.25. The highest BCUT2D eigenvalue weighted by Crippen LogP contribution is 2.24. The molecule has 0 amide bonds. The van der Waals surface area contributed by atoms with Crippen LogP contribution in [0.5, 0.6) is 0 Å². The van der Waals surface area contributed by atoms with E-state index in [-0.39, 0.29) is 5.69 Å². The summed E-state index contributed by atoms with van der Waals surface area (Å²) < 4.78 is 7.06. The van der Waals surface area contributed by atoms with Crippen LogP contribution in [0.1, 0.15) is 27.3 Å². The summed E-state index contributed by atoms with van der Waals surface area (Å²) in [6.45, 7) is 2.94. The van der Waals surface area contributed by atoms with Crippen LogP contribution in [0, 0.1) is 6.92 Å². The number of aromatic carboxylic acids is 1. The molecule has 1 aliphatic rings. The molecule has 1 aliphatic heterocycles. The van der Waals surface area contributed by atoms with Crippen molar-refractivity contribution >= 4 is 5.97 Å². The Kier molecular flexibility index (Phi) is 2.83. The van der Waals surface area contributed by atoms with Crippen LogP contribution in [0.4, 0.5) is 0 Å². The number of ether oxygens (including phenoxy) is 1. The van der Waals surface area contributed by atoms with E-state index in [1.165, 1.54) is 0 Å². The lowest BCUT2D eigenvalue weighted by molar-refractivity contribution is 0.0677. The normalized spacial score (nSPS) is 14.2. The summed E-state index contributed by atoms with van der Waals surface area (Å²) in [6.07, 6.45) is 0.684. The van der Waals surface area contributed by atoms with E-state index in [1.807, 2.05) is 31.2 Å². The summed E-state index contributed by atoms with van der Waals surface area (Å²) in [6, 6.07) is 7.87. The number of carbonyl (C=O) groups is 1. The molecule has 0 saturated heterocycles. The third-order valence-corrected chi connectivity index (χ3v) is 3.30. The topological polar surface area (TPSA) is 64.4 Å². The third-order valence-electron chi connectivity index (χ3n) is 3.30. The standard InChI is InChI=1S/C14H14N2O3/c1-9-2-4-10(5-3-9)16-12-6-7-19-8-11(12)13(15-16)14(17)18/h2-5H,6-8H2,1H3,(H,17,18). The number of aryl methyl sites for hydroxylation is 1. The van der Waals surface area contributed by atoms with Crippen molar-refractivity contribution in [1.29, 1.82) is 0 Å². The molecular formula is C14H14N2O3. The van der Waals surface area contributed by atoms with Gasteiger partial charge in [0.15, 0.2) is 5.69 Å². The molecule has 3 rings (SSSR count). The Bertz CT molecular complexity index is 629. The van der Waals surface area contributed by atoms with E-state index in [0.29, 0.717) is 25.2 Å². The van der Waals surface area contributed by atoms with Crippen molar-refractivity contribution in [3.63, 3.8) is 0 Å². The van der Waals surface area contributed by atoms with Gasteiger partial charge in [0.1, 0.15) is 0 Å². The second kappa shape index (κ2) is 4.51. The second-order valence-electron chi connectivity index (χ2n) is 4.63. The molecule has 0 aliphatic carbocycles. The predicted octanol–water partition coefficient (Wildman–Crippen LogP) is 1.95. The maximum atomic E-state index is 11.2. The van der Waals surface area contributed by atoms with Crippen molar-refractivity contribution in [2.75, 3.05) is 6.61 Å². The van der Waals surface area contributed by atoms with Crippen LogP contribution >= 0.6 is 0 Å². The van der Waals surface area contributed by atoms with Gasteiger partial charge in [0.05, 0.1) is 24.6 Å². The molecule has 98 valence electrons. The van der Waals surface area contributed by atoms with Crippen LogP contribution < -0.4 is 0 Å². The fourth-order valence-electron chi connectivity index (χ4n) is 2.31. The van der Waals surface area contributed by atoms with Crippen LogP contribution in [0.2, 0.25) is 0 Å². The second-order valence-corrected chi connectivity index (χ2v) is 4.63. The molecule has 1 N–H and O–H groups in total. The van der Waals surface area contributed by atoms with Gasteiger partial charge in [-0.1, -0.05) is 17.7 Å². The summed E-state index contributed by atoms with van der Waals surface area (Å²) >= 11 is 0. The zero-order valence-corrected chi connectivity index (χ0v) is 10.6. The smallest absolute Gasteiger partial charge is 0.356 e. The molecule has 1 aromatic carbocycles. The Hall–Kier alpha value is -2.14. The summed E-state index contributed by atoms with van der Waals surface area (Å²) in [5.74, 6) is -1.01. The van der Waals surface area contributed by atoms with Gasteiger partial charge in [-0.2, -0.15) is 5.10 Å². The van der Waals surface area contributed by atoms with Crippen molar-refractivity contribution in [2.45, 2.75) is 20.0 Å². The van der Waals surface area contributed by atoms with Crippen LogP contribution in [-0.2, 0) is 17.8 Å². The SMILES string of the molecule is Cc1ccc(-n2nc(C(=O)O)c3c2CCOC3)cc1. The van der Waals surface area contributed by atoms with E-state index in [1.54, 1.807) is 4.68 Å². The number of aromatic nitrogens is 2. The van der Waals surface area contributed by atoms with E-state index in [2.05, 4.69) is 5.10 Å². The number of hydrogen-bond acceptors (Lipinski definition) is 3. The number of hydrogen-bond donors (Lipinski definition) is 1.